The zero-order valence-corrected chi connectivity index (χ0v) is 5.83. The molecular formula is C8H11N2. The summed E-state index contributed by atoms with van der Waals surface area (Å²) in [5.74, 6) is 5.00. The van der Waals surface area contributed by atoms with E-state index in [1.54, 1.807) is 0 Å². The van der Waals surface area contributed by atoms with E-state index in [1.807, 2.05) is 18.2 Å². The Morgan fingerprint density at radius 1 is 1.20 bits per heavy atom. The monoisotopic (exact) mass is 135 g/mol. The molecule has 0 amide bonds. The van der Waals surface area contributed by atoms with Crippen LogP contribution in [0.1, 0.15) is 5.56 Å². The van der Waals surface area contributed by atoms with E-state index in [1.165, 1.54) is 5.56 Å². The number of benzene rings is 1. The summed E-state index contributed by atoms with van der Waals surface area (Å²) >= 11 is 0. The van der Waals surface area contributed by atoms with Gasteiger partial charge in [0, 0.05) is 6.54 Å². The Kier molecular flexibility index (Phi) is 2.93. The summed E-state index contributed by atoms with van der Waals surface area (Å²) < 4.78 is 0. The molecule has 0 heterocycles. The fraction of sp³-hybridized carbons (Fsp3) is 0.250. The van der Waals surface area contributed by atoms with Crippen molar-refractivity contribution in [3.63, 3.8) is 0 Å². The summed E-state index contributed by atoms with van der Waals surface area (Å²) in [5.41, 5.74) is 4.82. The molecule has 0 unspecified atom stereocenters. The Morgan fingerprint density at radius 2 is 1.90 bits per heavy atom. The van der Waals surface area contributed by atoms with E-state index in [0.717, 1.165) is 6.42 Å². The van der Waals surface area contributed by atoms with Crippen LogP contribution >= 0.6 is 0 Å². The summed E-state index contributed by atoms with van der Waals surface area (Å²) in [6.45, 7) is 0.712. The van der Waals surface area contributed by atoms with Gasteiger partial charge in [0.1, 0.15) is 0 Å². The van der Waals surface area contributed by atoms with Crippen molar-refractivity contribution in [2.75, 3.05) is 6.54 Å². The zero-order chi connectivity index (χ0) is 7.23. The van der Waals surface area contributed by atoms with Gasteiger partial charge in [0.25, 0.3) is 0 Å². The summed E-state index contributed by atoms with van der Waals surface area (Å²) in [6, 6.07) is 10.2. The van der Waals surface area contributed by atoms with Crippen molar-refractivity contribution in [2.45, 2.75) is 6.42 Å². The number of hydrogen-bond acceptors (Lipinski definition) is 1. The molecule has 2 N–H and O–H groups in total. The summed E-state index contributed by atoms with van der Waals surface area (Å²) in [4.78, 5) is 0. The van der Waals surface area contributed by atoms with Gasteiger partial charge < -0.3 is 0 Å². The van der Waals surface area contributed by atoms with Crippen molar-refractivity contribution >= 4 is 0 Å². The quantitative estimate of drug-likeness (QED) is 0.481. The van der Waals surface area contributed by atoms with Crippen LogP contribution in [0, 0.1) is 0 Å². The molecule has 0 aromatic heterocycles. The molecule has 1 aromatic carbocycles. The van der Waals surface area contributed by atoms with Gasteiger partial charge in [-0.05, 0) is 12.0 Å². The largest absolute Gasteiger partial charge is 0.254 e. The van der Waals surface area contributed by atoms with Gasteiger partial charge in [-0.3, -0.25) is 5.84 Å². The second-order valence-corrected chi connectivity index (χ2v) is 2.14. The smallest absolute Gasteiger partial charge is 0.0342 e. The molecule has 0 aliphatic rings. The number of nitrogens with zero attached hydrogens (tertiary/aromatic N) is 1. The van der Waals surface area contributed by atoms with E-state index in [2.05, 4.69) is 17.6 Å². The molecule has 0 saturated heterocycles. The average Bonchev–Trinajstić information content (AvgIpc) is 2.03. The van der Waals surface area contributed by atoms with Gasteiger partial charge >= 0.3 is 0 Å². The topological polar surface area (TPSA) is 40.1 Å². The van der Waals surface area contributed by atoms with Gasteiger partial charge in [-0.25, -0.2) is 0 Å². The molecule has 0 saturated carbocycles. The summed E-state index contributed by atoms with van der Waals surface area (Å²) in [6.07, 6.45) is 0.942. The van der Waals surface area contributed by atoms with E-state index in [4.69, 9.17) is 5.84 Å². The van der Waals surface area contributed by atoms with Crippen molar-refractivity contribution in [3.05, 3.63) is 35.9 Å². The molecule has 1 rings (SSSR count). The minimum Gasteiger partial charge on any atom is -0.254 e. The highest BCUT2D eigenvalue weighted by molar-refractivity contribution is 5.14. The number of hydrogen-bond donors (Lipinski definition) is 1. The van der Waals surface area contributed by atoms with Gasteiger partial charge in [-0.1, -0.05) is 30.3 Å². The first-order chi connectivity index (χ1) is 4.93. The third kappa shape index (κ3) is 2.17. The van der Waals surface area contributed by atoms with E-state index < -0.39 is 0 Å². The lowest BCUT2D eigenvalue weighted by Gasteiger charge is -1.96. The van der Waals surface area contributed by atoms with Crippen LogP contribution in [-0.4, -0.2) is 6.54 Å². The summed E-state index contributed by atoms with van der Waals surface area (Å²) in [7, 11) is 0. The predicted molar refractivity (Wildman–Crippen MR) is 41.3 cm³/mol. The van der Waals surface area contributed by atoms with Gasteiger partial charge in [-0.2, -0.15) is 5.43 Å². The first kappa shape index (κ1) is 7.25. The molecule has 1 radical (unpaired) electrons. The Bertz CT molecular complexity index is 172. The maximum absolute atomic E-state index is 5.00. The third-order valence-electron chi connectivity index (χ3n) is 1.37. The van der Waals surface area contributed by atoms with Crippen LogP contribution in [0.15, 0.2) is 30.3 Å². The van der Waals surface area contributed by atoms with Crippen molar-refractivity contribution in [3.8, 4) is 0 Å². The van der Waals surface area contributed by atoms with Gasteiger partial charge in [0.2, 0.25) is 0 Å². The van der Waals surface area contributed by atoms with Gasteiger partial charge in [0.05, 0.1) is 0 Å². The van der Waals surface area contributed by atoms with Crippen molar-refractivity contribution in [1.82, 2.24) is 5.43 Å². The highest BCUT2D eigenvalue weighted by atomic mass is 15.2. The molecule has 0 aliphatic heterocycles. The molecule has 2 nitrogen and oxygen atoms in total. The minimum absolute atomic E-state index is 0.712. The van der Waals surface area contributed by atoms with Gasteiger partial charge in [0.15, 0.2) is 0 Å². The molecule has 0 fully saturated rings. The standard InChI is InChI=1S/C8H11N2/c9-10-7-6-8-4-2-1-3-5-8/h1-5H,6-7,9H2. The van der Waals surface area contributed by atoms with Crippen LogP contribution in [0.25, 0.3) is 0 Å². The fourth-order valence-electron chi connectivity index (χ4n) is 0.838. The summed E-state index contributed by atoms with van der Waals surface area (Å²) in [5, 5.41) is 0. The highest BCUT2D eigenvalue weighted by Gasteiger charge is 1.87. The van der Waals surface area contributed by atoms with E-state index in [9.17, 15) is 0 Å². The van der Waals surface area contributed by atoms with Gasteiger partial charge in [-0.15, -0.1) is 0 Å². The Labute approximate surface area is 61.0 Å². The molecule has 53 valence electrons. The Balaban J connectivity index is 2.43. The zero-order valence-electron chi connectivity index (χ0n) is 5.83. The molecule has 0 spiro atoms. The second kappa shape index (κ2) is 4.04. The van der Waals surface area contributed by atoms with Crippen LogP contribution in [0.4, 0.5) is 0 Å². The second-order valence-electron chi connectivity index (χ2n) is 2.14. The molecular weight excluding hydrogens is 124 g/mol. The molecule has 0 bridgehead atoms. The van der Waals surface area contributed by atoms with Crippen LogP contribution in [0.2, 0.25) is 0 Å². The van der Waals surface area contributed by atoms with Crippen LogP contribution < -0.4 is 11.3 Å². The number of nitrogens with two attached hydrogens (primary N) is 1. The maximum Gasteiger partial charge on any atom is 0.0342 e. The van der Waals surface area contributed by atoms with Crippen LogP contribution in [-0.2, 0) is 6.42 Å². The first-order valence-electron chi connectivity index (χ1n) is 3.34. The lowest BCUT2D eigenvalue weighted by atomic mass is 10.2. The molecule has 0 aliphatic carbocycles. The Hall–Kier alpha value is -0.860. The lowest BCUT2D eigenvalue weighted by Crippen LogP contribution is -2.15. The minimum atomic E-state index is 0.712. The lowest BCUT2D eigenvalue weighted by molar-refractivity contribution is 0.713. The maximum atomic E-state index is 5.00. The van der Waals surface area contributed by atoms with Crippen LogP contribution in [0.3, 0.4) is 0 Å². The molecule has 2 heteroatoms. The highest BCUT2D eigenvalue weighted by Crippen LogP contribution is 1.97. The van der Waals surface area contributed by atoms with E-state index in [-0.39, 0.29) is 0 Å². The molecule has 0 atom stereocenters. The average molecular weight is 135 g/mol. The van der Waals surface area contributed by atoms with Crippen LogP contribution in [0.5, 0.6) is 0 Å². The van der Waals surface area contributed by atoms with Crippen molar-refractivity contribution in [1.29, 1.82) is 0 Å². The normalized spacial score (nSPS) is 9.70. The molecule has 10 heavy (non-hydrogen) atoms. The van der Waals surface area contributed by atoms with Crippen molar-refractivity contribution < 1.29 is 0 Å². The third-order valence-corrected chi connectivity index (χ3v) is 1.37. The van der Waals surface area contributed by atoms with E-state index in [0.29, 0.717) is 6.54 Å². The molecule has 1 aromatic rings. The number of rotatable bonds is 3. The van der Waals surface area contributed by atoms with E-state index >= 15 is 0 Å². The van der Waals surface area contributed by atoms with Crippen molar-refractivity contribution in [2.24, 2.45) is 5.84 Å². The fourth-order valence-corrected chi connectivity index (χ4v) is 0.838. The predicted octanol–water partition coefficient (Wildman–Crippen LogP) is 0.707. The Morgan fingerprint density at radius 3 is 2.50 bits per heavy atom. The SMILES string of the molecule is N[N]CCc1ccccc1. The first-order valence-corrected chi connectivity index (χ1v) is 3.34.